The van der Waals surface area contributed by atoms with E-state index in [2.05, 4.69) is 15.5 Å². The van der Waals surface area contributed by atoms with E-state index in [-0.39, 0.29) is 37.1 Å². The zero-order valence-electron chi connectivity index (χ0n) is 22.3. The molecule has 0 unspecified atom stereocenters. The van der Waals surface area contributed by atoms with Crippen LogP contribution >= 0.6 is 0 Å². The van der Waals surface area contributed by atoms with Crippen LogP contribution in [0.1, 0.15) is 65.1 Å². The number of fused-ring (bicyclic) bond motifs is 1. The lowest BCUT2D eigenvalue weighted by Crippen LogP contribution is -2.49. The summed E-state index contributed by atoms with van der Waals surface area (Å²) >= 11 is 0. The summed E-state index contributed by atoms with van der Waals surface area (Å²) in [4.78, 5) is 14.8. The van der Waals surface area contributed by atoms with E-state index in [0.29, 0.717) is 35.1 Å². The summed E-state index contributed by atoms with van der Waals surface area (Å²) in [6.07, 6.45) is -3.39. The summed E-state index contributed by atoms with van der Waals surface area (Å²) in [5.74, 6) is 0.343. The van der Waals surface area contributed by atoms with Crippen LogP contribution < -0.4 is 10.2 Å². The molecule has 40 heavy (non-hydrogen) atoms. The second kappa shape index (κ2) is 10.5. The number of rotatable bonds is 9. The Morgan fingerprint density at radius 3 is 2.55 bits per heavy atom. The maximum atomic E-state index is 14.1. The predicted molar refractivity (Wildman–Crippen MR) is 137 cm³/mol. The molecule has 3 aromatic rings. The molecule has 0 saturated heterocycles. The standard InChI is InChI=1S/C28H30F5N5O2/c1-16(2)12-34-13-17-7-21-22(23(8-17)28(31,32)33)14-38(24(21)39)19-6-4-5-18(9-19)27(25-36-35-15-37(25)3)10-20(11-27)40-26(29)30/h4-9,15-16,20,26,34H,10-14H2,1-3H3. The Bertz CT molecular complexity index is 1400. The average Bonchev–Trinajstić information content (AvgIpc) is 3.43. The van der Waals surface area contributed by atoms with Crippen molar-refractivity contribution in [2.75, 3.05) is 11.4 Å². The van der Waals surface area contributed by atoms with Gasteiger partial charge in [0.05, 0.1) is 23.6 Å². The highest BCUT2D eigenvalue weighted by Gasteiger charge is 2.51. The van der Waals surface area contributed by atoms with Gasteiger partial charge < -0.3 is 19.5 Å². The van der Waals surface area contributed by atoms with Gasteiger partial charge in [-0.2, -0.15) is 22.0 Å². The number of aryl methyl sites for hydroxylation is 1. The van der Waals surface area contributed by atoms with Crippen molar-refractivity contribution < 1.29 is 31.5 Å². The molecule has 0 bridgehead atoms. The molecule has 0 atom stereocenters. The Morgan fingerprint density at radius 2 is 1.93 bits per heavy atom. The number of alkyl halides is 5. The highest BCUT2D eigenvalue weighted by molar-refractivity contribution is 6.10. The van der Waals surface area contributed by atoms with Crippen LogP contribution in [0.15, 0.2) is 42.7 Å². The first-order chi connectivity index (χ1) is 18.9. The number of nitrogens with zero attached hydrogens (tertiary/aromatic N) is 4. The van der Waals surface area contributed by atoms with Gasteiger partial charge in [-0.3, -0.25) is 4.79 Å². The Morgan fingerprint density at radius 1 is 1.18 bits per heavy atom. The molecule has 0 radical (unpaired) electrons. The van der Waals surface area contributed by atoms with Gasteiger partial charge in [-0.25, -0.2) is 0 Å². The quantitative estimate of drug-likeness (QED) is 0.352. The van der Waals surface area contributed by atoms with Crippen molar-refractivity contribution in [2.24, 2.45) is 13.0 Å². The normalized spacial score (nSPS) is 20.9. The highest BCUT2D eigenvalue weighted by Crippen LogP contribution is 2.51. The minimum atomic E-state index is -4.63. The van der Waals surface area contributed by atoms with E-state index in [9.17, 15) is 26.7 Å². The Hall–Kier alpha value is -3.38. The number of hydrogen-bond acceptors (Lipinski definition) is 5. The molecule has 12 heteroatoms. The minimum absolute atomic E-state index is 0.0265. The third-order valence-corrected chi connectivity index (χ3v) is 7.59. The summed E-state index contributed by atoms with van der Waals surface area (Å²) < 4.78 is 74.5. The number of halogens is 5. The van der Waals surface area contributed by atoms with Crippen molar-refractivity contribution in [3.63, 3.8) is 0 Å². The molecule has 1 aromatic heterocycles. The van der Waals surface area contributed by atoms with E-state index in [1.807, 2.05) is 13.8 Å². The third kappa shape index (κ3) is 5.22. The fraction of sp³-hybridized carbons (Fsp3) is 0.464. The van der Waals surface area contributed by atoms with E-state index in [1.165, 1.54) is 17.3 Å². The molecule has 0 spiro atoms. The van der Waals surface area contributed by atoms with E-state index in [0.717, 1.165) is 6.07 Å². The lowest BCUT2D eigenvalue weighted by molar-refractivity contribution is -0.192. The molecular formula is C28H30F5N5O2. The molecule has 2 heterocycles. The minimum Gasteiger partial charge on any atom is -0.320 e. The molecule has 1 aliphatic heterocycles. The molecule has 1 N–H and O–H groups in total. The summed E-state index contributed by atoms with van der Waals surface area (Å²) in [5.41, 5.74) is -0.176. The van der Waals surface area contributed by atoms with Crippen molar-refractivity contribution in [3.05, 3.63) is 76.4 Å². The molecule has 1 amide bonds. The first-order valence-electron chi connectivity index (χ1n) is 13.0. The van der Waals surface area contributed by atoms with Gasteiger partial charge in [0.1, 0.15) is 12.2 Å². The molecule has 1 fully saturated rings. The fourth-order valence-corrected chi connectivity index (χ4v) is 5.73. The lowest BCUT2D eigenvalue weighted by atomic mass is 9.62. The Labute approximate surface area is 228 Å². The number of benzene rings is 2. The monoisotopic (exact) mass is 563 g/mol. The van der Waals surface area contributed by atoms with Crippen molar-refractivity contribution in [2.45, 2.75) is 64.1 Å². The Balaban J connectivity index is 1.48. The van der Waals surface area contributed by atoms with Gasteiger partial charge in [0.15, 0.2) is 0 Å². The number of anilines is 1. The van der Waals surface area contributed by atoms with Crippen LogP contribution in [-0.2, 0) is 36.5 Å². The van der Waals surface area contributed by atoms with Gasteiger partial charge in [-0.15, -0.1) is 10.2 Å². The first kappa shape index (κ1) is 28.2. The van der Waals surface area contributed by atoms with Crippen LogP contribution in [0.5, 0.6) is 0 Å². The molecular weight excluding hydrogens is 533 g/mol. The topological polar surface area (TPSA) is 72.3 Å². The van der Waals surface area contributed by atoms with E-state index >= 15 is 0 Å². The number of ether oxygens (including phenoxy) is 1. The second-order valence-electron chi connectivity index (χ2n) is 10.9. The molecule has 1 aliphatic carbocycles. The summed E-state index contributed by atoms with van der Waals surface area (Å²) in [5, 5.41) is 11.3. The molecule has 1 saturated carbocycles. The van der Waals surface area contributed by atoms with Crippen molar-refractivity contribution in [3.8, 4) is 0 Å². The van der Waals surface area contributed by atoms with Crippen LogP contribution in [0.3, 0.4) is 0 Å². The summed E-state index contributed by atoms with van der Waals surface area (Å²) in [6, 6.07) is 9.51. The lowest BCUT2D eigenvalue weighted by Gasteiger charge is -2.46. The molecule has 7 nitrogen and oxygen atoms in total. The molecule has 2 aliphatic rings. The van der Waals surface area contributed by atoms with Crippen LogP contribution in [0.4, 0.5) is 27.6 Å². The Kier molecular flexibility index (Phi) is 7.43. The smallest absolute Gasteiger partial charge is 0.320 e. The molecule has 2 aromatic carbocycles. The maximum Gasteiger partial charge on any atom is 0.416 e. The van der Waals surface area contributed by atoms with E-state index in [4.69, 9.17) is 4.74 Å². The summed E-state index contributed by atoms with van der Waals surface area (Å²) in [7, 11) is 1.75. The van der Waals surface area contributed by atoms with Crippen LogP contribution in [-0.4, -0.2) is 39.9 Å². The average molecular weight is 564 g/mol. The summed E-state index contributed by atoms with van der Waals surface area (Å²) in [6.45, 7) is 1.68. The van der Waals surface area contributed by atoms with Crippen LogP contribution in [0, 0.1) is 5.92 Å². The number of carbonyl (C=O) groups is 1. The van der Waals surface area contributed by atoms with Gasteiger partial charge in [0.25, 0.3) is 5.91 Å². The van der Waals surface area contributed by atoms with Gasteiger partial charge in [0, 0.05) is 24.8 Å². The number of carbonyl (C=O) groups excluding carboxylic acids is 1. The number of aromatic nitrogens is 3. The maximum absolute atomic E-state index is 14.1. The van der Waals surface area contributed by atoms with Crippen LogP contribution in [0.2, 0.25) is 0 Å². The van der Waals surface area contributed by atoms with Crippen molar-refractivity contribution >= 4 is 11.6 Å². The zero-order chi connectivity index (χ0) is 28.8. The molecule has 214 valence electrons. The number of hydrogen-bond donors (Lipinski definition) is 1. The zero-order valence-corrected chi connectivity index (χ0v) is 22.3. The number of amides is 1. The van der Waals surface area contributed by atoms with Crippen LogP contribution in [0.25, 0.3) is 0 Å². The highest BCUT2D eigenvalue weighted by atomic mass is 19.4. The van der Waals surface area contributed by atoms with Gasteiger partial charge in [-0.05, 0) is 66.3 Å². The van der Waals surface area contributed by atoms with Gasteiger partial charge in [0.2, 0.25) is 0 Å². The first-order valence-corrected chi connectivity index (χ1v) is 13.0. The third-order valence-electron chi connectivity index (χ3n) is 7.59. The van der Waals surface area contributed by atoms with Crippen molar-refractivity contribution in [1.29, 1.82) is 0 Å². The van der Waals surface area contributed by atoms with Crippen molar-refractivity contribution in [1.82, 2.24) is 20.1 Å². The molecule has 5 rings (SSSR count). The predicted octanol–water partition coefficient (Wildman–Crippen LogP) is 5.43. The number of nitrogens with one attached hydrogen (secondary N) is 1. The fourth-order valence-electron chi connectivity index (χ4n) is 5.73. The van der Waals surface area contributed by atoms with E-state index in [1.54, 1.807) is 35.9 Å². The SMILES string of the molecule is CC(C)CNCc1cc2c(c(C(F)(F)F)c1)CN(c1cccc(C3(c4nncn4C)CC(OC(F)F)C3)c1)C2=O. The van der Waals surface area contributed by atoms with Gasteiger partial charge in [-0.1, -0.05) is 26.0 Å². The van der Waals surface area contributed by atoms with Gasteiger partial charge >= 0.3 is 12.8 Å². The largest absolute Gasteiger partial charge is 0.416 e. The second-order valence-corrected chi connectivity index (χ2v) is 10.9. The van der Waals surface area contributed by atoms with E-state index < -0.39 is 35.8 Å².